The highest BCUT2D eigenvalue weighted by Crippen LogP contribution is 2.44. The molecule has 29 heavy (non-hydrogen) atoms. The minimum Gasteiger partial charge on any atom is -0.497 e. The Balaban J connectivity index is 2.00. The summed E-state index contributed by atoms with van der Waals surface area (Å²) in [5.41, 5.74) is 4.42. The molecule has 0 saturated heterocycles. The van der Waals surface area contributed by atoms with Crippen LogP contribution < -0.4 is 24.4 Å². The van der Waals surface area contributed by atoms with Crippen LogP contribution in [0.25, 0.3) is 0 Å². The van der Waals surface area contributed by atoms with Crippen LogP contribution in [-0.4, -0.2) is 27.2 Å². The van der Waals surface area contributed by atoms with Gasteiger partial charge >= 0.3 is 0 Å². The molecule has 1 heterocycles. The third kappa shape index (κ3) is 3.12. The van der Waals surface area contributed by atoms with Crippen molar-refractivity contribution in [3.05, 3.63) is 65.7 Å². The monoisotopic (exact) mass is 390 g/mol. The summed E-state index contributed by atoms with van der Waals surface area (Å²) in [6.07, 6.45) is 0. The second-order valence-corrected chi connectivity index (χ2v) is 6.69. The summed E-state index contributed by atoms with van der Waals surface area (Å²) in [5, 5.41) is 3.38. The summed E-state index contributed by atoms with van der Waals surface area (Å²) in [7, 11) is 4.74. The van der Waals surface area contributed by atoms with E-state index in [0.29, 0.717) is 28.5 Å². The minimum atomic E-state index is -0.160. The van der Waals surface area contributed by atoms with Crippen molar-refractivity contribution in [3.63, 3.8) is 0 Å². The highest BCUT2D eigenvalue weighted by atomic mass is 16.5. The van der Waals surface area contributed by atoms with Crippen LogP contribution >= 0.6 is 0 Å². The lowest BCUT2D eigenvalue weighted by atomic mass is 10.1. The van der Waals surface area contributed by atoms with Crippen molar-refractivity contribution in [2.75, 3.05) is 31.5 Å². The molecule has 4 rings (SSSR count). The Labute approximate surface area is 169 Å². The second kappa shape index (κ2) is 7.39. The van der Waals surface area contributed by atoms with E-state index in [1.807, 2.05) is 49.4 Å². The maximum atomic E-state index is 13.7. The van der Waals surface area contributed by atoms with Crippen molar-refractivity contribution in [2.24, 2.45) is 0 Å². The number of amides is 1. The number of nitrogens with one attached hydrogen (secondary N) is 1. The largest absolute Gasteiger partial charge is 0.497 e. The molecule has 0 aromatic heterocycles. The van der Waals surface area contributed by atoms with Gasteiger partial charge in [0.15, 0.2) is 11.5 Å². The van der Waals surface area contributed by atoms with Crippen LogP contribution in [0.1, 0.15) is 15.9 Å². The van der Waals surface area contributed by atoms with Gasteiger partial charge in [0.1, 0.15) is 5.75 Å². The molecule has 0 fully saturated rings. The molecule has 1 N–H and O–H groups in total. The van der Waals surface area contributed by atoms with E-state index in [4.69, 9.17) is 14.2 Å². The maximum Gasteiger partial charge on any atom is 0.265 e. The van der Waals surface area contributed by atoms with Gasteiger partial charge in [0, 0.05) is 12.1 Å². The van der Waals surface area contributed by atoms with Gasteiger partial charge in [-0.15, -0.1) is 0 Å². The van der Waals surface area contributed by atoms with E-state index >= 15 is 0 Å². The van der Waals surface area contributed by atoms with Crippen LogP contribution in [0, 0.1) is 6.92 Å². The smallest absolute Gasteiger partial charge is 0.265 e. The van der Waals surface area contributed by atoms with Crippen molar-refractivity contribution < 1.29 is 19.0 Å². The first kappa shape index (κ1) is 18.7. The van der Waals surface area contributed by atoms with Crippen LogP contribution in [0.2, 0.25) is 0 Å². The first-order valence-electron chi connectivity index (χ1n) is 9.18. The third-order valence-corrected chi connectivity index (χ3v) is 5.03. The fourth-order valence-corrected chi connectivity index (χ4v) is 3.52. The van der Waals surface area contributed by atoms with Gasteiger partial charge in [-0.2, -0.15) is 0 Å². The highest BCUT2D eigenvalue weighted by molar-refractivity contribution is 6.18. The third-order valence-electron chi connectivity index (χ3n) is 5.03. The standard InChI is InChI=1S/C23H22N2O4/c1-14-7-5-6-8-19(14)25-20-10-9-15(27-2)11-18(20)24-17-13-22(29-4)21(28-3)12-16(17)23(25)26/h5-13,24H,1-4H3. The quantitative estimate of drug-likeness (QED) is 0.675. The number of carbonyl (C=O) groups excluding carboxylic acids is 1. The SMILES string of the molecule is COc1ccc2c(c1)Nc1cc(OC)c(OC)cc1C(=O)N2c1ccccc1C. The average Bonchev–Trinajstić information content (AvgIpc) is 2.86. The molecule has 6 nitrogen and oxygen atoms in total. The summed E-state index contributed by atoms with van der Waals surface area (Å²) in [6.45, 7) is 1.99. The molecule has 1 aliphatic rings. The Bertz CT molecular complexity index is 1090. The lowest BCUT2D eigenvalue weighted by molar-refractivity contribution is 0.1000. The molecule has 148 valence electrons. The number of hydrogen-bond donors (Lipinski definition) is 1. The number of para-hydroxylation sites is 1. The molecular formula is C23H22N2O4. The van der Waals surface area contributed by atoms with Crippen molar-refractivity contribution in [3.8, 4) is 17.2 Å². The minimum absolute atomic E-state index is 0.160. The number of carbonyl (C=O) groups is 1. The van der Waals surface area contributed by atoms with Crippen LogP contribution in [0.3, 0.4) is 0 Å². The lowest BCUT2D eigenvalue weighted by Gasteiger charge is -2.25. The molecule has 0 atom stereocenters. The van der Waals surface area contributed by atoms with Crippen molar-refractivity contribution in [2.45, 2.75) is 6.92 Å². The molecule has 0 bridgehead atoms. The highest BCUT2D eigenvalue weighted by Gasteiger charge is 2.30. The van der Waals surface area contributed by atoms with Gasteiger partial charge < -0.3 is 19.5 Å². The van der Waals surface area contributed by atoms with Gasteiger partial charge in [0.25, 0.3) is 5.91 Å². The van der Waals surface area contributed by atoms with E-state index < -0.39 is 0 Å². The van der Waals surface area contributed by atoms with E-state index in [-0.39, 0.29) is 5.91 Å². The Morgan fingerprint density at radius 1 is 0.793 bits per heavy atom. The Morgan fingerprint density at radius 3 is 2.21 bits per heavy atom. The van der Waals surface area contributed by atoms with Crippen molar-refractivity contribution in [1.29, 1.82) is 0 Å². The lowest BCUT2D eigenvalue weighted by Crippen LogP contribution is -2.26. The number of nitrogens with zero attached hydrogens (tertiary/aromatic N) is 1. The second-order valence-electron chi connectivity index (χ2n) is 6.69. The molecule has 0 aliphatic carbocycles. The van der Waals surface area contributed by atoms with Gasteiger partial charge in [-0.3, -0.25) is 9.69 Å². The summed E-state index contributed by atoms with van der Waals surface area (Å²) >= 11 is 0. The number of anilines is 4. The van der Waals surface area contributed by atoms with Gasteiger partial charge in [-0.1, -0.05) is 18.2 Å². The number of aryl methyl sites for hydroxylation is 1. The Morgan fingerprint density at radius 2 is 1.52 bits per heavy atom. The topological polar surface area (TPSA) is 60.0 Å². The van der Waals surface area contributed by atoms with Crippen LogP contribution in [0.5, 0.6) is 17.2 Å². The van der Waals surface area contributed by atoms with Crippen molar-refractivity contribution in [1.82, 2.24) is 0 Å². The van der Waals surface area contributed by atoms with E-state index in [0.717, 1.165) is 22.6 Å². The van der Waals surface area contributed by atoms with E-state index in [9.17, 15) is 4.79 Å². The fourth-order valence-electron chi connectivity index (χ4n) is 3.52. The number of hydrogen-bond acceptors (Lipinski definition) is 5. The van der Waals surface area contributed by atoms with E-state index in [1.54, 1.807) is 38.4 Å². The molecule has 1 aliphatic heterocycles. The zero-order valence-corrected chi connectivity index (χ0v) is 16.8. The van der Waals surface area contributed by atoms with Gasteiger partial charge in [0.05, 0.1) is 49.6 Å². The molecule has 6 heteroatoms. The predicted octanol–water partition coefficient (Wildman–Crippen LogP) is 5.06. The summed E-state index contributed by atoms with van der Waals surface area (Å²) in [6, 6.07) is 16.9. The Hall–Kier alpha value is -3.67. The number of rotatable bonds is 4. The molecule has 0 spiro atoms. The summed E-state index contributed by atoms with van der Waals surface area (Å²) < 4.78 is 16.2. The van der Waals surface area contributed by atoms with Crippen molar-refractivity contribution >= 4 is 28.7 Å². The van der Waals surface area contributed by atoms with Gasteiger partial charge in [-0.25, -0.2) is 0 Å². The molecular weight excluding hydrogens is 368 g/mol. The van der Waals surface area contributed by atoms with Crippen LogP contribution in [0.15, 0.2) is 54.6 Å². The van der Waals surface area contributed by atoms with Crippen LogP contribution in [-0.2, 0) is 0 Å². The normalized spacial score (nSPS) is 12.4. The molecule has 0 saturated carbocycles. The first-order chi connectivity index (χ1) is 14.1. The molecule has 3 aromatic rings. The van der Waals surface area contributed by atoms with Gasteiger partial charge in [0.2, 0.25) is 0 Å². The summed E-state index contributed by atoms with van der Waals surface area (Å²) in [4.78, 5) is 15.4. The molecule has 0 unspecified atom stereocenters. The molecule has 3 aromatic carbocycles. The fraction of sp³-hybridized carbons (Fsp3) is 0.174. The number of methoxy groups -OCH3 is 3. The number of benzene rings is 3. The number of ether oxygens (including phenoxy) is 3. The zero-order chi connectivity index (χ0) is 20.5. The molecule has 1 amide bonds. The average molecular weight is 390 g/mol. The zero-order valence-electron chi connectivity index (χ0n) is 16.8. The van der Waals surface area contributed by atoms with E-state index in [1.165, 1.54) is 0 Å². The maximum absolute atomic E-state index is 13.7. The molecule has 0 radical (unpaired) electrons. The van der Waals surface area contributed by atoms with Gasteiger partial charge in [-0.05, 0) is 36.8 Å². The van der Waals surface area contributed by atoms with Crippen LogP contribution in [0.4, 0.5) is 22.7 Å². The first-order valence-corrected chi connectivity index (χ1v) is 9.18. The number of fused-ring (bicyclic) bond motifs is 2. The predicted molar refractivity (Wildman–Crippen MR) is 113 cm³/mol. The summed E-state index contributed by atoms with van der Waals surface area (Å²) in [5.74, 6) is 1.57. The Kier molecular flexibility index (Phi) is 4.76. The van der Waals surface area contributed by atoms with E-state index in [2.05, 4.69) is 5.32 Å².